The molecule has 0 spiro atoms. The zero-order valence-corrected chi connectivity index (χ0v) is 18.2. The number of hydrogen-bond acceptors (Lipinski definition) is 6. The van der Waals surface area contributed by atoms with Crippen LogP contribution in [0.2, 0.25) is 5.02 Å². The molecule has 0 bridgehead atoms. The number of carbonyl (C=O) groups is 2. The van der Waals surface area contributed by atoms with Crippen molar-refractivity contribution in [1.29, 1.82) is 0 Å². The van der Waals surface area contributed by atoms with Gasteiger partial charge in [0.15, 0.2) is 16.4 Å². The standard InChI is InChI=1S/C20H22ClFN2O5S/c1-13-9-16(14(2)24(13)15-3-4-18(22)17(21)10-15)19(25)12-29-20(26)11-23-5-7-30(27,28)8-6-23/h3-4,9-10H,5-8,11-12H2,1-2H3. The fraction of sp³-hybridized carbons (Fsp3) is 0.400. The van der Waals surface area contributed by atoms with E-state index in [1.54, 1.807) is 35.4 Å². The fourth-order valence-corrected chi connectivity index (χ4v) is 4.88. The molecular formula is C20H22ClFN2O5S. The van der Waals surface area contributed by atoms with E-state index in [4.69, 9.17) is 16.3 Å². The molecule has 7 nitrogen and oxygen atoms in total. The van der Waals surface area contributed by atoms with Crippen LogP contribution in [0.1, 0.15) is 21.7 Å². The predicted molar refractivity (Wildman–Crippen MR) is 111 cm³/mol. The number of ketones is 1. The Bertz CT molecular complexity index is 1080. The van der Waals surface area contributed by atoms with Crippen molar-refractivity contribution in [3.8, 4) is 5.69 Å². The summed E-state index contributed by atoms with van der Waals surface area (Å²) in [5.74, 6) is -1.45. The van der Waals surface area contributed by atoms with E-state index < -0.39 is 28.2 Å². The van der Waals surface area contributed by atoms with E-state index >= 15 is 0 Å². The monoisotopic (exact) mass is 456 g/mol. The molecule has 0 aliphatic carbocycles. The number of aryl methyl sites for hydroxylation is 1. The molecule has 1 fully saturated rings. The van der Waals surface area contributed by atoms with Gasteiger partial charge >= 0.3 is 5.97 Å². The lowest BCUT2D eigenvalue weighted by atomic mass is 10.1. The average Bonchev–Trinajstić information content (AvgIpc) is 2.98. The summed E-state index contributed by atoms with van der Waals surface area (Å²) in [4.78, 5) is 26.3. The van der Waals surface area contributed by atoms with E-state index in [1.807, 2.05) is 0 Å². The van der Waals surface area contributed by atoms with Gasteiger partial charge < -0.3 is 9.30 Å². The van der Waals surface area contributed by atoms with Gasteiger partial charge in [-0.2, -0.15) is 0 Å². The molecule has 2 heterocycles. The highest BCUT2D eigenvalue weighted by Gasteiger charge is 2.24. The molecule has 3 rings (SSSR count). The van der Waals surface area contributed by atoms with Crippen molar-refractivity contribution in [2.24, 2.45) is 0 Å². The Hall–Kier alpha value is -2.23. The minimum atomic E-state index is -3.03. The lowest BCUT2D eigenvalue weighted by molar-refractivity contribution is -0.143. The normalized spacial score (nSPS) is 16.4. The molecule has 0 atom stereocenters. The highest BCUT2D eigenvalue weighted by Crippen LogP contribution is 2.25. The Labute approximate surface area is 179 Å². The number of aromatic nitrogens is 1. The van der Waals surface area contributed by atoms with Crippen molar-refractivity contribution < 1.29 is 27.1 Å². The number of benzene rings is 1. The van der Waals surface area contributed by atoms with Gasteiger partial charge in [0.05, 0.1) is 23.1 Å². The number of halogens is 2. The Balaban J connectivity index is 1.63. The van der Waals surface area contributed by atoms with Gasteiger partial charge in [-0.1, -0.05) is 11.6 Å². The molecule has 1 aromatic carbocycles. The second kappa shape index (κ2) is 8.87. The third-order valence-corrected chi connectivity index (χ3v) is 6.95. The minimum Gasteiger partial charge on any atom is -0.456 e. The summed E-state index contributed by atoms with van der Waals surface area (Å²) in [6, 6.07) is 5.97. The zero-order chi connectivity index (χ0) is 22.1. The van der Waals surface area contributed by atoms with Crippen LogP contribution in [0, 0.1) is 19.7 Å². The number of hydrogen-bond donors (Lipinski definition) is 0. The Morgan fingerprint density at radius 3 is 2.47 bits per heavy atom. The first-order valence-corrected chi connectivity index (χ1v) is 11.5. The molecule has 2 aromatic rings. The number of rotatable bonds is 6. The molecule has 0 radical (unpaired) electrons. The Morgan fingerprint density at radius 1 is 1.17 bits per heavy atom. The highest BCUT2D eigenvalue weighted by molar-refractivity contribution is 7.91. The van der Waals surface area contributed by atoms with Crippen LogP contribution in [0.3, 0.4) is 0 Å². The summed E-state index contributed by atoms with van der Waals surface area (Å²) in [6.07, 6.45) is 0. The van der Waals surface area contributed by atoms with E-state index in [0.29, 0.717) is 16.9 Å². The van der Waals surface area contributed by atoms with E-state index in [-0.39, 0.29) is 41.9 Å². The smallest absolute Gasteiger partial charge is 0.320 e. The van der Waals surface area contributed by atoms with Crippen LogP contribution in [-0.4, -0.2) is 67.4 Å². The van der Waals surface area contributed by atoms with Gasteiger partial charge in [0.1, 0.15) is 5.82 Å². The first kappa shape index (κ1) is 22.5. The summed E-state index contributed by atoms with van der Waals surface area (Å²) < 4.78 is 43.2. The van der Waals surface area contributed by atoms with Gasteiger partial charge in [-0.05, 0) is 38.1 Å². The quantitative estimate of drug-likeness (QED) is 0.490. The lowest BCUT2D eigenvalue weighted by Crippen LogP contribution is -2.43. The summed E-state index contributed by atoms with van der Waals surface area (Å²) in [7, 11) is -3.03. The van der Waals surface area contributed by atoms with E-state index in [2.05, 4.69) is 0 Å². The number of carbonyl (C=O) groups excluding carboxylic acids is 2. The minimum absolute atomic E-state index is 0.0125. The molecule has 10 heteroatoms. The molecule has 1 aliphatic heterocycles. The lowest BCUT2D eigenvalue weighted by Gasteiger charge is -2.25. The first-order chi connectivity index (χ1) is 14.1. The van der Waals surface area contributed by atoms with Crippen LogP contribution in [0.25, 0.3) is 5.69 Å². The third-order valence-electron chi connectivity index (χ3n) is 5.05. The van der Waals surface area contributed by atoms with Crippen molar-refractivity contribution in [2.45, 2.75) is 13.8 Å². The van der Waals surface area contributed by atoms with E-state index in [1.165, 1.54) is 12.1 Å². The molecule has 0 unspecified atom stereocenters. The number of Topliss-reactive ketones (excluding diaryl/α,β-unsaturated/α-hetero) is 1. The van der Waals surface area contributed by atoms with E-state index in [0.717, 1.165) is 5.69 Å². The maximum absolute atomic E-state index is 13.5. The number of esters is 1. The van der Waals surface area contributed by atoms with Gasteiger partial charge in [-0.15, -0.1) is 0 Å². The summed E-state index contributed by atoms with van der Waals surface area (Å²) >= 11 is 5.87. The molecule has 1 aromatic heterocycles. The van der Waals surface area contributed by atoms with Crippen LogP contribution in [0.5, 0.6) is 0 Å². The third kappa shape index (κ3) is 5.08. The Kier molecular flexibility index (Phi) is 6.64. The number of ether oxygens (including phenoxy) is 1. The highest BCUT2D eigenvalue weighted by atomic mass is 35.5. The largest absolute Gasteiger partial charge is 0.456 e. The van der Waals surface area contributed by atoms with E-state index in [9.17, 15) is 22.4 Å². The van der Waals surface area contributed by atoms with Crippen molar-refractivity contribution in [3.63, 3.8) is 0 Å². The average molecular weight is 457 g/mol. The topological polar surface area (TPSA) is 85.7 Å². The summed E-state index contributed by atoms with van der Waals surface area (Å²) in [5, 5.41) is -0.0210. The molecule has 0 amide bonds. The van der Waals surface area contributed by atoms with Gasteiger partial charge in [0.25, 0.3) is 0 Å². The van der Waals surface area contributed by atoms with Crippen molar-refractivity contribution >= 4 is 33.2 Å². The van der Waals surface area contributed by atoms with Gasteiger partial charge in [-0.25, -0.2) is 12.8 Å². The zero-order valence-electron chi connectivity index (χ0n) is 16.7. The number of sulfone groups is 1. The maximum Gasteiger partial charge on any atom is 0.320 e. The van der Waals surface area contributed by atoms with Gasteiger partial charge in [0.2, 0.25) is 5.78 Å². The van der Waals surface area contributed by atoms with Crippen LogP contribution in [0.15, 0.2) is 24.3 Å². The second-order valence-electron chi connectivity index (χ2n) is 7.23. The first-order valence-electron chi connectivity index (χ1n) is 9.33. The maximum atomic E-state index is 13.5. The Morgan fingerprint density at radius 2 is 1.83 bits per heavy atom. The van der Waals surface area contributed by atoms with Crippen molar-refractivity contribution in [3.05, 3.63) is 52.1 Å². The van der Waals surface area contributed by atoms with Crippen LogP contribution >= 0.6 is 11.6 Å². The molecule has 0 saturated carbocycles. The second-order valence-corrected chi connectivity index (χ2v) is 9.94. The summed E-state index contributed by atoms with van der Waals surface area (Å²) in [5.41, 5.74) is 2.38. The molecular weight excluding hydrogens is 435 g/mol. The van der Waals surface area contributed by atoms with Crippen LogP contribution < -0.4 is 0 Å². The van der Waals surface area contributed by atoms with Gasteiger partial charge in [0, 0.05) is 35.7 Å². The van der Waals surface area contributed by atoms with Crippen molar-refractivity contribution in [2.75, 3.05) is 37.7 Å². The molecule has 30 heavy (non-hydrogen) atoms. The molecule has 1 aliphatic rings. The molecule has 1 saturated heterocycles. The fourth-order valence-electron chi connectivity index (χ4n) is 3.43. The molecule has 162 valence electrons. The van der Waals surface area contributed by atoms with Crippen LogP contribution in [-0.2, 0) is 19.4 Å². The SMILES string of the molecule is Cc1cc(C(=O)COC(=O)CN2CCS(=O)(=O)CC2)c(C)n1-c1ccc(F)c(Cl)c1. The van der Waals surface area contributed by atoms with Crippen molar-refractivity contribution in [1.82, 2.24) is 9.47 Å². The van der Waals surface area contributed by atoms with Crippen LogP contribution in [0.4, 0.5) is 4.39 Å². The number of nitrogens with zero attached hydrogens (tertiary/aromatic N) is 2. The van der Waals surface area contributed by atoms with Gasteiger partial charge in [-0.3, -0.25) is 14.5 Å². The predicted octanol–water partition coefficient (Wildman–Crippen LogP) is 2.34. The molecule has 0 N–H and O–H groups in total. The summed E-state index contributed by atoms with van der Waals surface area (Å²) in [6.45, 7) is 3.61.